The zero-order chi connectivity index (χ0) is 18.2. The number of nitrogens with one attached hydrogen (secondary N) is 1. The Morgan fingerprint density at radius 2 is 2.04 bits per heavy atom. The van der Waals surface area contributed by atoms with E-state index in [4.69, 9.17) is 4.74 Å². The lowest BCUT2D eigenvalue weighted by atomic mass is 10.1. The first-order valence-corrected chi connectivity index (χ1v) is 9.42. The average molecular weight is 362 g/mol. The van der Waals surface area contributed by atoms with Crippen LogP contribution in [0.15, 0.2) is 35.7 Å². The third kappa shape index (κ3) is 6.51. The fraction of sp³-hybridized carbons (Fsp3) is 0.500. The summed E-state index contributed by atoms with van der Waals surface area (Å²) < 4.78 is 7.57. The Morgan fingerprint density at radius 1 is 1.28 bits per heavy atom. The predicted molar refractivity (Wildman–Crippen MR) is 99.3 cm³/mol. The SMILES string of the molecule is CC(C)OCc1cccc(CNC(=O)CSc2nncn2C(C)C)c1. The Balaban J connectivity index is 1.80. The smallest absolute Gasteiger partial charge is 0.230 e. The minimum atomic E-state index is -0.0212. The van der Waals surface area contributed by atoms with E-state index in [0.717, 1.165) is 16.3 Å². The molecule has 1 amide bonds. The fourth-order valence-corrected chi connectivity index (χ4v) is 3.04. The normalized spacial score (nSPS) is 11.3. The minimum absolute atomic E-state index is 0.0212. The van der Waals surface area contributed by atoms with Crippen molar-refractivity contribution >= 4 is 17.7 Å². The van der Waals surface area contributed by atoms with E-state index in [1.54, 1.807) is 6.33 Å². The van der Waals surface area contributed by atoms with Crippen molar-refractivity contribution in [2.45, 2.75) is 58.1 Å². The molecule has 0 fully saturated rings. The number of aromatic nitrogens is 3. The molecule has 0 bridgehead atoms. The minimum Gasteiger partial charge on any atom is -0.374 e. The molecule has 2 aromatic rings. The van der Waals surface area contributed by atoms with E-state index in [1.807, 2.05) is 36.6 Å². The molecule has 0 spiro atoms. The second-order valence-corrected chi connectivity index (χ2v) is 7.30. The predicted octanol–water partition coefficient (Wildman–Crippen LogP) is 3.19. The number of carbonyl (C=O) groups is 1. The van der Waals surface area contributed by atoms with Gasteiger partial charge in [-0.2, -0.15) is 0 Å². The molecule has 0 unspecified atom stereocenters. The van der Waals surface area contributed by atoms with Crippen LogP contribution >= 0.6 is 11.8 Å². The van der Waals surface area contributed by atoms with Crippen molar-refractivity contribution in [3.8, 4) is 0 Å². The number of benzene rings is 1. The van der Waals surface area contributed by atoms with Crippen molar-refractivity contribution in [1.29, 1.82) is 0 Å². The van der Waals surface area contributed by atoms with Crippen molar-refractivity contribution in [1.82, 2.24) is 20.1 Å². The lowest BCUT2D eigenvalue weighted by Gasteiger charge is -2.10. The van der Waals surface area contributed by atoms with Gasteiger partial charge < -0.3 is 14.6 Å². The maximum absolute atomic E-state index is 12.1. The zero-order valence-electron chi connectivity index (χ0n) is 15.2. The monoisotopic (exact) mass is 362 g/mol. The van der Waals surface area contributed by atoms with Gasteiger partial charge in [-0.05, 0) is 38.8 Å². The summed E-state index contributed by atoms with van der Waals surface area (Å²) in [7, 11) is 0. The van der Waals surface area contributed by atoms with Crippen LogP contribution in [0, 0.1) is 0 Å². The van der Waals surface area contributed by atoms with Gasteiger partial charge >= 0.3 is 0 Å². The molecular formula is C18H26N4O2S. The van der Waals surface area contributed by atoms with Crippen LogP contribution in [0.3, 0.4) is 0 Å². The van der Waals surface area contributed by atoms with Crippen molar-refractivity contribution in [3.05, 3.63) is 41.7 Å². The first-order chi connectivity index (χ1) is 12.0. The van der Waals surface area contributed by atoms with E-state index in [-0.39, 0.29) is 18.1 Å². The average Bonchev–Trinajstić information content (AvgIpc) is 3.05. The molecule has 1 aromatic heterocycles. The first kappa shape index (κ1) is 19.5. The van der Waals surface area contributed by atoms with Gasteiger partial charge in [0, 0.05) is 12.6 Å². The number of thioether (sulfide) groups is 1. The molecule has 6 nitrogen and oxygen atoms in total. The van der Waals surface area contributed by atoms with Crippen LogP contribution in [-0.4, -0.2) is 32.5 Å². The molecule has 136 valence electrons. The molecule has 0 aliphatic rings. The van der Waals surface area contributed by atoms with E-state index in [0.29, 0.717) is 18.9 Å². The lowest BCUT2D eigenvalue weighted by Crippen LogP contribution is -2.24. The summed E-state index contributed by atoms with van der Waals surface area (Å²) in [5.74, 6) is 0.300. The Hall–Kier alpha value is -1.86. The van der Waals surface area contributed by atoms with Crippen molar-refractivity contribution in [3.63, 3.8) is 0 Å². The molecule has 1 N–H and O–H groups in total. The summed E-state index contributed by atoms with van der Waals surface area (Å²) in [6.07, 6.45) is 1.89. The Morgan fingerprint density at radius 3 is 2.76 bits per heavy atom. The second-order valence-electron chi connectivity index (χ2n) is 6.36. The molecule has 0 aliphatic heterocycles. The molecule has 0 saturated heterocycles. The Bertz CT molecular complexity index is 685. The summed E-state index contributed by atoms with van der Waals surface area (Å²) in [4.78, 5) is 12.1. The van der Waals surface area contributed by atoms with Crippen LogP contribution in [-0.2, 0) is 22.7 Å². The third-order valence-corrected chi connectivity index (χ3v) is 4.45. The maximum atomic E-state index is 12.1. The number of amides is 1. The van der Waals surface area contributed by atoms with Gasteiger partial charge in [0.1, 0.15) is 6.33 Å². The number of rotatable bonds is 9. The highest BCUT2D eigenvalue weighted by molar-refractivity contribution is 7.99. The standard InChI is InChI=1S/C18H26N4O2S/c1-13(2)22-12-20-21-18(22)25-11-17(23)19-9-15-6-5-7-16(8-15)10-24-14(3)4/h5-8,12-14H,9-11H2,1-4H3,(H,19,23). The Labute approximate surface area is 153 Å². The zero-order valence-corrected chi connectivity index (χ0v) is 16.0. The molecule has 0 saturated carbocycles. The first-order valence-electron chi connectivity index (χ1n) is 8.44. The van der Waals surface area contributed by atoms with Gasteiger partial charge in [0.05, 0.1) is 18.5 Å². The highest BCUT2D eigenvalue weighted by atomic mass is 32.2. The van der Waals surface area contributed by atoms with Crippen LogP contribution in [0.5, 0.6) is 0 Å². The fourth-order valence-electron chi connectivity index (χ4n) is 2.16. The Kier molecular flexibility index (Phi) is 7.46. The van der Waals surface area contributed by atoms with Crippen LogP contribution in [0.25, 0.3) is 0 Å². The van der Waals surface area contributed by atoms with Gasteiger partial charge in [-0.25, -0.2) is 0 Å². The van der Waals surface area contributed by atoms with E-state index >= 15 is 0 Å². The number of nitrogens with zero attached hydrogens (tertiary/aromatic N) is 3. The van der Waals surface area contributed by atoms with Gasteiger partial charge in [-0.3, -0.25) is 4.79 Å². The summed E-state index contributed by atoms with van der Waals surface area (Å²) in [5.41, 5.74) is 2.17. The largest absolute Gasteiger partial charge is 0.374 e. The van der Waals surface area contributed by atoms with Crippen LogP contribution < -0.4 is 5.32 Å². The summed E-state index contributed by atoms with van der Waals surface area (Å²) in [6.45, 7) is 9.24. The highest BCUT2D eigenvalue weighted by Gasteiger charge is 2.10. The molecule has 0 aliphatic carbocycles. The van der Waals surface area contributed by atoms with Crippen LogP contribution in [0.2, 0.25) is 0 Å². The lowest BCUT2D eigenvalue weighted by molar-refractivity contribution is -0.118. The molecule has 0 radical (unpaired) electrons. The third-order valence-electron chi connectivity index (χ3n) is 3.49. The quantitative estimate of drug-likeness (QED) is 0.694. The molecule has 2 rings (SSSR count). The highest BCUT2D eigenvalue weighted by Crippen LogP contribution is 2.18. The summed E-state index contributed by atoms with van der Waals surface area (Å²) in [5, 5.41) is 11.7. The number of hydrogen-bond acceptors (Lipinski definition) is 5. The van der Waals surface area contributed by atoms with Gasteiger partial charge in [0.15, 0.2) is 5.16 Å². The van der Waals surface area contributed by atoms with Gasteiger partial charge in [0.25, 0.3) is 0 Å². The number of hydrogen-bond donors (Lipinski definition) is 1. The topological polar surface area (TPSA) is 69.0 Å². The van der Waals surface area contributed by atoms with E-state index in [2.05, 4.69) is 35.4 Å². The number of carbonyl (C=O) groups excluding carboxylic acids is 1. The summed E-state index contributed by atoms with van der Waals surface area (Å²) in [6, 6.07) is 8.35. The van der Waals surface area contributed by atoms with Crippen molar-refractivity contribution in [2.24, 2.45) is 0 Å². The van der Waals surface area contributed by atoms with Gasteiger partial charge in [-0.1, -0.05) is 36.0 Å². The van der Waals surface area contributed by atoms with Crippen LogP contribution in [0.4, 0.5) is 0 Å². The van der Waals surface area contributed by atoms with E-state index in [9.17, 15) is 4.79 Å². The van der Waals surface area contributed by atoms with E-state index in [1.165, 1.54) is 11.8 Å². The molecule has 1 heterocycles. The van der Waals surface area contributed by atoms with Crippen molar-refractivity contribution in [2.75, 3.05) is 5.75 Å². The number of ether oxygens (including phenoxy) is 1. The molecule has 1 aromatic carbocycles. The van der Waals surface area contributed by atoms with Crippen LogP contribution in [0.1, 0.15) is 44.9 Å². The molecule has 0 atom stereocenters. The maximum Gasteiger partial charge on any atom is 0.230 e. The van der Waals surface area contributed by atoms with Gasteiger partial charge in [-0.15, -0.1) is 10.2 Å². The molecular weight excluding hydrogens is 336 g/mol. The van der Waals surface area contributed by atoms with E-state index < -0.39 is 0 Å². The summed E-state index contributed by atoms with van der Waals surface area (Å²) >= 11 is 1.40. The second kappa shape index (κ2) is 9.58. The van der Waals surface area contributed by atoms with Gasteiger partial charge in [0.2, 0.25) is 5.91 Å². The van der Waals surface area contributed by atoms with Crippen molar-refractivity contribution < 1.29 is 9.53 Å². The molecule has 25 heavy (non-hydrogen) atoms. The molecule has 7 heteroatoms.